The number of thiazole rings is 1. The fraction of sp³-hybridized carbons (Fsp3) is 0.222. The maximum Gasteiger partial charge on any atom is 0.239 e. The topological polar surface area (TPSA) is 63.2 Å². The Morgan fingerprint density at radius 2 is 2.08 bits per heavy atom. The van der Waals surface area contributed by atoms with Crippen molar-refractivity contribution in [3.05, 3.63) is 52.8 Å². The van der Waals surface area contributed by atoms with Crippen LogP contribution < -0.4 is 4.90 Å². The van der Waals surface area contributed by atoms with Gasteiger partial charge in [-0.25, -0.2) is 4.98 Å². The van der Waals surface area contributed by atoms with E-state index < -0.39 is 0 Å². The number of carbonyl (C=O) groups is 2. The molecule has 0 bridgehead atoms. The van der Waals surface area contributed by atoms with Gasteiger partial charge in [0.05, 0.1) is 28.2 Å². The normalized spacial score (nSPS) is 10.9. The standard InChI is InChI=1S/C18H16ClN3O2S2/c1-11-14(19)6-7-15-17(11)21-18(26-15)22(16(24)10-25-12(2)23)9-13-5-3-4-8-20-13/h3-8H,9-10H2,1-2H3. The summed E-state index contributed by atoms with van der Waals surface area (Å²) in [5, 5.41) is 1.12. The number of rotatable bonds is 5. The van der Waals surface area contributed by atoms with Gasteiger partial charge in [0.1, 0.15) is 0 Å². The fourth-order valence-electron chi connectivity index (χ4n) is 2.36. The van der Waals surface area contributed by atoms with Crippen LogP contribution in [0, 0.1) is 6.92 Å². The van der Waals surface area contributed by atoms with Gasteiger partial charge in [-0.3, -0.25) is 19.5 Å². The van der Waals surface area contributed by atoms with Crippen LogP contribution in [0.5, 0.6) is 0 Å². The first-order valence-corrected chi connectivity index (χ1v) is 10.0. The highest BCUT2D eigenvalue weighted by Gasteiger charge is 2.22. The largest absolute Gasteiger partial charge is 0.288 e. The van der Waals surface area contributed by atoms with Crippen molar-refractivity contribution in [2.45, 2.75) is 20.4 Å². The Hall–Kier alpha value is -1.96. The van der Waals surface area contributed by atoms with E-state index in [-0.39, 0.29) is 16.8 Å². The first-order chi connectivity index (χ1) is 12.5. The first-order valence-electron chi connectivity index (χ1n) is 7.85. The van der Waals surface area contributed by atoms with Gasteiger partial charge >= 0.3 is 0 Å². The molecule has 2 heterocycles. The van der Waals surface area contributed by atoms with Crippen molar-refractivity contribution in [3.8, 4) is 0 Å². The van der Waals surface area contributed by atoms with Crippen molar-refractivity contribution >= 4 is 61.1 Å². The number of fused-ring (bicyclic) bond motifs is 1. The number of carbonyl (C=O) groups excluding carboxylic acids is 2. The lowest BCUT2D eigenvalue weighted by molar-refractivity contribution is -0.116. The number of aryl methyl sites for hydroxylation is 1. The van der Waals surface area contributed by atoms with Crippen LogP contribution in [-0.2, 0) is 16.1 Å². The molecule has 0 unspecified atom stereocenters. The lowest BCUT2D eigenvalue weighted by atomic mass is 10.2. The van der Waals surface area contributed by atoms with Crippen LogP contribution in [-0.4, -0.2) is 26.7 Å². The Morgan fingerprint density at radius 1 is 1.27 bits per heavy atom. The number of aromatic nitrogens is 2. The van der Waals surface area contributed by atoms with Crippen LogP contribution in [0.4, 0.5) is 5.13 Å². The summed E-state index contributed by atoms with van der Waals surface area (Å²) in [6.45, 7) is 3.65. The summed E-state index contributed by atoms with van der Waals surface area (Å²) in [6.07, 6.45) is 1.69. The minimum absolute atomic E-state index is 0.0673. The molecule has 8 heteroatoms. The summed E-state index contributed by atoms with van der Waals surface area (Å²) < 4.78 is 0.958. The summed E-state index contributed by atoms with van der Waals surface area (Å²) in [5.41, 5.74) is 2.42. The average Bonchev–Trinajstić information content (AvgIpc) is 3.06. The Kier molecular flexibility index (Phi) is 5.90. The first kappa shape index (κ1) is 18.8. The second-order valence-electron chi connectivity index (χ2n) is 5.60. The Labute approximate surface area is 164 Å². The van der Waals surface area contributed by atoms with Gasteiger partial charge < -0.3 is 0 Å². The van der Waals surface area contributed by atoms with E-state index in [0.29, 0.717) is 16.7 Å². The zero-order valence-corrected chi connectivity index (χ0v) is 16.6. The van der Waals surface area contributed by atoms with Crippen LogP contribution in [0.2, 0.25) is 5.02 Å². The van der Waals surface area contributed by atoms with Crippen molar-refractivity contribution in [3.63, 3.8) is 0 Å². The highest BCUT2D eigenvalue weighted by Crippen LogP contribution is 2.34. The van der Waals surface area contributed by atoms with Crippen molar-refractivity contribution < 1.29 is 9.59 Å². The molecule has 0 N–H and O–H groups in total. The Bertz CT molecular complexity index is 960. The molecule has 0 saturated heterocycles. The maximum absolute atomic E-state index is 12.7. The number of thioether (sulfide) groups is 1. The van der Waals surface area contributed by atoms with Gasteiger partial charge in [0.25, 0.3) is 0 Å². The molecule has 0 radical (unpaired) electrons. The van der Waals surface area contributed by atoms with E-state index in [1.807, 2.05) is 37.3 Å². The van der Waals surface area contributed by atoms with Gasteiger partial charge in [-0.15, -0.1) is 0 Å². The van der Waals surface area contributed by atoms with E-state index in [1.54, 1.807) is 11.1 Å². The summed E-state index contributed by atoms with van der Waals surface area (Å²) in [7, 11) is 0. The number of amides is 1. The molecule has 1 amide bonds. The molecule has 0 aliphatic carbocycles. The van der Waals surface area contributed by atoms with Crippen LogP contribution in [0.3, 0.4) is 0 Å². The van der Waals surface area contributed by atoms with E-state index in [2.05, 4.69) is 9.97 Å². The van der Waals surface area contributed by atoms with Gasteiger partial charge in [0, 0.05) is 18.1 Å². The minimum Gasteiger partial charge on any atom is -0.288 e. The number of hydrogen-bond acceptors (Lipinski definition) is 6. The van der Waals surface area contributed by atoms with Gasteiger partial charge in [-0.05, 0) is 36.8 Å². The molecule has 0 atom stereocenters. The van der Waals surface area contributed by atoms with E-state index in [0.717, 1.165) is 33.2 Å². The lowest BCUT2D eigenvalue weighted by Gasteiger charge is -2.19. The number of halogens is 1. The predicted molar refractivity (Wildman–Crippen MR) is 108 cm³/mol. The third-order valence-electron chi connectivity index (χ3n) is 3.71. The minimum atomic E-state index is -0.182. The SMILES string of the molecule is CC(=O)SCC(=O)N(Cc1ccccn1)c1nc2c(C)c(Cl)ccc2s1. The van der Waals surface area contributed by atoms with E-state index in [4.69, 9.17) is 11.6 Å². The summed E-state index contributed by atoms with van der Waals surface area (Å²) >= 11 is 8.60. The zero-order valence-electron chi connectivity index (χ0n) is 14.2. The van der Waals surface area contributed by atoms with Gasteiger partial charge in [-0.2, -0.15) is 0 Å². The van der Waals surface area contributed by atoms with Crippen LogP contribution in [0.1, 0.15) is 18.2 Å². The van der Waals surface area contributed by atoms with E-state index in [9.17, 15) is 9.59 Å². The van der Waals surface area contributed by atoms with Crippen molar-refractivity contribution in [1.82, 2.24) is 9.97 Å². The third kappa shape index (κ3) is 4.23. The number of benzene rings is 1. The van der Waals surface area contributed by atoms with Crippen molar-refractivity contribution in [1.29, 1.82) is 0 Å². The van der Waals surface area contributed by atoms with Crippen molar-refractivity contribution in [2.75, 3.05) is 10.7 Å². The van der Waals surface area contributed by atoms with Gasteiger partial charge in [-0.1, -0.05) is 40.8 Å². The highest BCUT2D eigenvalue weighted by molar-refractivity contribution is 8.14. The highest BCUT2D eigenvalue weighted by atomic mass is 35.5. The van der Waals surface area contributed by atoms with Crippen molar-refractivity contribution in [2.24, 2.45) is 0 Å². The van der Waals surface area contributed by atoms with Gasteiger partial charge in [0.15, 0.2) is 10.2 Å². The Morgan fingerprint density at radius 3 is 2.77 bits per heavy atom. The monoisotopic (exact) mass is 405 g/mol. The molecule has 5 nitrogen and oxygen atoms in total. The fourth-order valence-corrected chi connectivity index (χ4v) is 4.04. The van der Waals surface area contributed by atoms with Crippen LogP contribution >= 0.6 is 34.7 Å². The molecule has 1 aromatic carbocycles. The number of anilines is 1. The maximum atomic E-state index is 12.7. The second-order valence-corrected chi connectivity index (χ2v) is 8.17. The number of hydrogen-bond donors (Lipinski definition) is 0. The molecule has 0 fully saturated rings. The van der Waals surface area contributed by atoms with Crippen LogP contribution in [0.15, 0.2) is 36.5 Å². The summed E-state index contributed by atoms with van der Waals surface area (Å²) in [6, 6.07) is 9.28. The molecule has 3 rings (SSSR count). The van der Waals surface area contributed by atoms with Gasteiger partial charge in [0.2, 0.25) is 5.91 Å². The number of nitrogens with zero attached hydrogens (tertiary/aromatic N) is 3. The molecule has 0 aliphatic heterocycles. The Balaban J connectivity index is 1.97. The third-order valence-corrected chi connectivity index (χ3v) is 5.96. The average molecular weight is 406 g/mol. The molecule has 0 saturated carbocycles. The molecule has 3 aromatic rings. The zero-order chi connectivity index (χ0) is 18.7. The van der Waals surface area contributed by atoms with Crippen LogP contribution in [0.25, 0.3) is 10.2 Å². The molecule has 0 spiro atoms. The molecule has 2 aromatic heterocycles. The molecule has 0 aliphatic rings. The second kappa shape index (κ2) is 8.16. The molecular weight excluding hydrogens is 390 g/mol. The molecule has 134 valence electrons. The van der Waals surface area contributed by atoms with E-state index in [1.165, 1.54) is 18.3 Å². The quantitative estimate of drug-likeness (QED) is 0.626. The number of pyridine rings is 1. The molecular formula is C18H16ClN3O2S2. The van der Waals surface area contributed by atoms with E-state index >= 15 is 0 Å². The smallest absolute Gasteiger partial charge is 0.239 e. The lowest BCUT2D eigenvalue weighted by Crippen LogP contribution is -2.32. The summed E-state index contributed by atoms with van der Waals surface area (Å²) in [4.78, 5) is 34.5. The predicted octanol–water partition coefficient (Wildman–Crippen LogP) is 4.47. The molecule has 26 heavy (non-hydrogen) atoms. The summed E-state index contributed by atoms with van der Waals surface area (Å²) in [5.74, 6) is -0.115.